The van der Waals surface area contributed by atoms with Gasteiger partial charge in [-0.1, -0.05) is 31.5 Å². The van der Waals surface area contributed by atoms with E-state index in [0.29, 0.717) is 18.0 Å². The number of rotatable bonds is 7. The van der Waals surface area contributed by atoms with Crippen LogP contribution in [0, 0.1) is 0 Å². The van der Waals surface area contributed by atoms with Crippen LogP contribution in [0.4, 0.5) is 0 Å². The molecule has 2 atom stereocenters. The van der Waals surface area contributed by atoms with Crippen LogP contribution in [-0.4, -0.2) is 28.4 Å². The predicted octanol–water partition coefficient (Wildman–Crippen LogP) is 3.66. The first-order chi connectivity index (χ1) is 8.87. The second-order valence-corrected chi connectivity index (χ2v) is 6.71. The lowest BCUT2D eigenvalue weighted by Gasteiger charge is -2.28. The van der Waals surface area contributed by atoms with Crippen LogP contribution in [0.15, 0.2) is 29.2 Å². The van der Waals surface area contributed by atoms with E-state index < -0.39 is 11.5 Å². The van der Waals surface area contributed by atoms with Crippen LogP contribution >= 0.6 is 23.4 Å². The first kappa shape index (κ1) is 16.3. The van der Waals surface area contributed by atoms with E-state index in [-0.39, 0.29) is 5.25 Å². The van der Waals surface area contributed by atoms with E-state index in [4.69, 9.17) is 11.6 Å². The van der Waals surface area contributed by atoms with Gasteiger partial charge in [0.15, 0.2) is 0 Å². The molecule has 1 aromatic rings. The van der Waals surface area contributed by atoms with Gasteiger partial charge in [0.2, 0.25) is 0 Å². The molecule has 1 aromatic carbocycles. The summed E-state index contributed by atoms with van der Waals surface area (Å²) >= 11 is 7.58. The van der Waals surface area contributed by atoms with Gasteiger partial charge in [0.05, 0.1) is 0 Å². The number of likely N-dealkylation sites (N-methyl/N-ethyl adjacent to an activating group) is 1. The Balaban J connectivity index is 2.68. The zero-order chi connectivity index (χ0) is 14.5. The van der Waals surface area contributed by atoms with Crippen molar-refractivity contribution in [1.82, 2.24) is 5.32 Å². The van der Waals surface area contributed by atoms with E-state index in [9.17, 15) is 9.90 Å². The molecule has 0 aliphatic heterocycles. The Morgan fingerprint density at radius 2 is 2.26 bits per heavy atom. The van der Waals surface area contributed by atoms with Crippen molar-refractivity contribution in [3.63, 3.8) is 0 Å². The normalized spacial score (nSPS) is 15.8. The molecule has 0 saturated carbocycles. The summed E-state index contributed by atoms with van der Waals surface area (Å²) in [5, 5.41) is 13.3. The molecule has 0 saturated heterocycles. The molecule has 0 aliphatic carbocycles. The lowest BCUT2D eigenvalue weighted by atomic mass is 9.96. The average molecular weight is 302 g/mol. The summed E-state index contributed by atoms with van der Waals surface area (Å²) in [5.74, 6) is -0.812. The van der Waals surface area contributed by atoms with Crippen LogP contribution in [0.3, 0.4) is 0 Å². The zero-order valence-electron chi connectivity index (χ0n) is 11.4. The molecule has 0 spiro atoms. The van der Waals surface area contributed by atoms with Gasteiger partial charge in [-0.05, 0) is 38.1 Å². The Morgan fingerprint density at radius 3 is 2.79 bits per heavy atom. The molecular formula is C14H20ClNO2S. The molecule has 5 heteroatoms. The molecule has 2 N–H and O–H groups in total. The highest BCUT2D eigenvalue weighted by Crippen LogP contribution is 2.30. The summed E-state index contributed by atoms with van der Waals surface area (Å²) in [5.41, 5.74) is -0.889. The van der Waals surface area contributed by atoms with Crippen LogP contribution in [0.5, 0.6) is 0 Å². The fourth-order valence-electron chi connectivity index (χ4n) is 2.01. The average Bonchev–Trinajstić information content (AvgIpc) is 2.28. The highest BCUT2D eigenvalue weighted by atomic mass is 35.5. The van der Waals surface area contributed by atoms with Crippen LogP contribution in [0.1, 0.15) is 27.2 Å². The van der Waals surface area contributed by atoms with Gasteiger partial charge < -0.3 is 10.4 Å². The first-order valence-corrected chi connectivity index (χ1v) is 7.54. The van der Waals surface area contributed by atoms with Crippen LogP contribution < -0.4 is 5.32 Å². The minimum Gasteiger partial charge on any atom is -0.480 e. The third-order valence-electron chi connectivity index (χ3n) is 2.87. The molecule has 0 aliphatic rings. The van der Waals surface area contributed by atoms with Crippen molar-refractivity contribution in [3.05, 3.63) is 29.3 Å². The predicted molar refractivity (Wildman–Crippen MR) is 81.1 cm³/mol. The number of carboxylic acids is 1. The number of halogens is 1. The highest BCUT2D eigenvalue weighted by Gasteiger charge is 2.33. The quantitative estimate of drug-likeness (QED) is 0.755. The Labute approximate surface area is 123 Å². The van der Waals surface area contributed by atoms with Crippen LogP contribution in [-0.2, 0) is 4.79 Å². The molecule has 0 bridgehead atoms. The smallest absolute Gasteiger partial charge is 0.323 e. The number of benzene rings is 1. The minimum absolute atomic E-state index is 0.179. The lowest BCUT2D eigenvalue weighted by Crippen LogP contribution is -2.50. The molecule has 19 heavy (non-hydrogen) atoms. The van der Waals surface area contributed by atoms with E-state index in [2.05, 4.69) is 5.32 Å². The lowest BCUT2D eigenvalue weighted by molar-refractivity contribution is -0.144. The zero-order valence-corrected chi connectivity index (χ0v) is 13.0. The third-order valence-corrected chi connectivity index (χ3v) is 4.20. The van der Waals surface area contributed by atoms with Crippen molar-refractivity contribution in [2.45, 2.75) is 42.9 Å². The molecule has 0 amide bonds. The van der Waals surface area contributed by atoms with E-state index in [1.807, 2.05) is 38.1 Å². The third kappa shape index (κ3) is 5.05. The first-order valence-electron chi connectivity index (χ1n) is 6.28. The second-order valence-electron chi connectivity index (χ2n) is 4.76. The molecular weight excluding hydrogens is 282 g/mol. The van der Waals surface area contributed by atoms with Crippen molar-refractivity contribution >= 4 is 29.3 Å². The Hall–Kier alpha value is -0.710. The fraction of sp³-hybridized carbons (Fsp3) is 0.500. The van der Waals surface area contributed by atoms with Crippen molar-refractivity contribution in [2.75, 3.05) is 6.54 Å². The molecule has 0 radical (unpaired) electrons. The summed E-state index contributed by atoms with van der Waals surface area (Å²) < 4.78 is 0. The SMILES string of the molecule is CCNC(C)(CC(C)Sc1cccc(Cl)c1)C(=O)O. The Morgan fingerprint density at radius 1 is 1.58 bits per heavy atom. The van der Waals surface area contributed by atoms with Crippen molar-refractivity contribution in [2.24, 2.45) is 0 Å². The number of thioether (sulfide) groups is 1. The summed E-state index contributed by atoms with van der Waals surface area (Å²) in [6, 6.07) is 7.61. The molecule has 2 unspecified atom stereocenters. The fourth-order valence-corrected chi connectivity index (χ4v) is 3.50. The van der Waals surface area contributed by atoms with Crippen molar-refractivity contribution < 1.29 is 9.90 Å². The molecule has 106 valence electrons. The van der Waals surface area contributed by atoms with Crippen LogP contribution in [0.25, 0.3) is 0 Å². The second kappa shape index (κ2) is 7.17. The van der Waals surface area contributed by atoms with E-state index in [1.54, 1.807) is 18.7 Å². The largest absolute Gasteiger partial charge is 0.480 e. The highest BCUT2D eigenvalue weighted by molar-refractivity contribution is 8.00. The van der Waals surface area contributed by atoms with Gasteiger partial charge in [-0.2, -0.15) is 0 Å². The minimum atomic E-state index is -0.889. The maximum absolute atomic E-state index is 11.4. The standard InChI is InChI=1S/C14H20ClNO2S/c1-4-16-14(3,13(17)18)9-10(2)19-12-7-5-6-11(15)8-12/h5-8,10,16H,4,9H2,1-3H3,(H,17,18). The Bertz CT molecular complexity index is 441. The number of hydrogen-bond donors (Lipinski definition) is 2. The number of nitrogens with one attached hydrogen (secondary N) is 1. The summed E-state index contributed by atoms with van der Waals surface area (Å²) in [4.78, 5) is 12.4. The number of aliphatic carboxylic acids is 1. The van der Waals surface area contributed by atoms with E-state index in [0.717, 1.165) is 4.90 Å². The van der Waals surface area contributed by atoms with Gasteiger partial charge >= 0.3 is 5.97 Å². The maximum atomic E-state index is 11.4. The van der Waals surface area contributed by atoms with Gasteiger partial charge in [-0.3, -0.25) is 4.79 Å². The van der Waals surface area contributed by atoms with E-state index in [1.165, 1.54) is 0 Å². The van der Waals surface area contributed by atoms with Crippen LogP contribution in [0.2, 0.25) is 5.02 Å². The maximum Gasteiger partial charge on any atom is 0.323 e. The van der Waals surface area contributed by atoms with Gasteiger partial charge in [0, 0.05) is 15.2 Å². The van der Waals surface area contributed by atoms with Gasteiger partial charge in [-0.25, -0.2) is 0 Å². The topological polar surface area (TPSA) is 49.3 Å². The summed E-state index contributed by atoms with van der Waals surface area (Å²) in [6.45, 7) is 6.31. The summed E-state index contributed by atoms with van der Waals surface area (Å²) in [6.07, 6.45) is 0.549. The number of hydrogen-bond acceptors (Lipinski definition) is 3. The van der Waals surface area contributed by atoms with Gasteiger partial charge in [0.1, 0.15) is 5.54 Å². The monoisotopic (exact) mass is 301 g/mol. The molecule has 0 heterocycles. The number of carbonyl (C=O) groups is 1. The Kier molecular flexibility index (Phi) is 6.17. The molecule has 1 rings (SSSR count). The molecule has 0 fully saturated rings. The van der Waals surface area contributed by atoms with Gasteiger partial charge in [0.25, 0.3) is 0 Å². The molecule has 0 aromatic heterocycles. The molecule has 3 nitrogen and oxygen atoms in total. The van der Waals surface area contributed by atoms with Crippen molar-refractivity contribution in [3.8, 4) is 0 Å². The van der Waals surface area contributed by atoms with Crippen molar-refractivity contribution in [1.29, 1.82) is 0 Å². The number of carboxylic acid groups (broad SMARTS) is 1. The van der Waals surface area contributed by atoms with E-state index >= 15 is 0 Å². The van der Waals surface area contributed by atoms with Gasteiger partial charge in [-0.15, -0.1) is 11.8 Å². The summed E-state index contributed by atoms with van der Waals surface area (Å²) in [7, 11) is 0.